The van der Waals surface area contributed by atoms with Gasteiger partial charge >= 0.3 is 0 Å². The Morgan fingerprint density at radius 1 is 1.22 bits per heavy atom. The van der Waals surface area contributed by atoms with Crippen molar-refractivity contribution >= 4 is 34.5 Å². The molecule has 5 heteroatoms. The monoisotopic (exact) mass is 300 g/mol. The van der Waals surface area contributed by atoms with Crippen molar-refractivity contribution in [2.45, 2.75) is 19.9 Å². The smallest absolute Gasteiger partial charge is 0.0940 e. The number of rotatable bonds is 5. The average Bonchev–Trinajstić information content (AvgIpc) is 2.69. The number of aromatic nitrogens is 1. The molecular weight excluding hydrogens is 287 g/mol. The Bertz CT molecular complexity index is 505. The lowest BCUT2D eigenvalue weighted by Crippen LogP contribution is -2.16. The molecule has 1 aromatic carbocycles. The fraction of sp³-hybridized carbons (Fsp3) is 0.308. The Hall–Kier alpha value is -0.610. The van der Waals surface area contributed by atoms with Gasteiger partial charge < -0.3 is 5.32 Å². The van der Waals surface area contributed by atoms with Crippen molar-refractivity contribution in [2.24, 2.45) is 0 Å². The summed E-state index contributed by atoms with van der Waals surface area (Å²) < 4.78 is 0. The predicted octanol–water partition coefficient (Wildman–Crippen LogP) is 4.09. The molecular formula is C13H14Cl2N2S. The molecule has 0 saturated carbocycles. The molecule has 0 aliphatic heterocycles. The van der Waals surface area contributed by atoms with Crippen LogP contribution in [0.15, 0.2) is 23.6 Å². The first-order valence-corrected chi connectivity index (χ1v) is 7.34. The molecule has 2 rings (SSSR count). The van der Waals surface area contributed by atoms with Crippen molar-refractivity contribution in [1.29, 1.82) is 0 Å². The maximum atomic E-state index is 5.94. The molecule has 0 bridgehead atoms. The zero-order chi connectivity index (χ0) is 13.0. The minimum atomic E-state index is 0.676. The van der Waals surface area contributed by atoms with Gasteiger partial charge in [0.1, 0.15) is 0 Å². The van der Waals surface area contributed by atoms with E-state index in [4.69, 9.17) is 23.2 Å². The third kappa shape index (κ3) is 4.25. The van der Waals surface area contributed by atoms with E-state index in [2.05, 4.69) is 15.7 Å². The third-order valence-electron chi connectivity index (χ3n) is 2.43. The number of hydrogen-bond acceptors (Lipinski definition) is 3. The molecule has 0 unspecified atom stereocenters. The first-order chi connectivity index (χ1) is 8.63. The highest BCUT2D eigenvalue weighted by molar-refractivity contribution is 7.09. The van der Waals surface area contributed by atoms with Crippen LogP contribution in [0.3, 0.4) is 0 Å². The lowest BCUT2D eigenvalue weighted by molar-refractivity contribution is 0.685. The highest BCUT2D eigenvalue weighted by atomic mass is 35.5. The highest BCUT2D eigenvalue weighted by Gasteiger charge is 2.00. The van der Waals surface area contributed by atoms with Gasteiger partial charge in [-0.25, -0.2) is 4.98 Å². The Kier molecular flexibility index (Phi) is 5.01. The van der Waals surface area contributed by atoms with Gasteiger partial charge in [-0.15, -0.1) is 11.3 Å². The quantitative estimate of drug-likeness (QED) is 0.841. The van der Waals surface area contributed by atoms with E-state index in [1.54, 1.807) is 17.4 Å². The molecule has 2 aromatic rings. The van der Waals surface area contributed by atoms with E-state index in [9.17, 15) is 0 Å². The number of thiazole rings is 1. The Balaban J connectivity index is 1.78. The maximum absolute atomic E-state index is 5.94. The van der Waals surface area contributed by atoms with Crippen LogP contribution in [0, 0.1) is 6.92 Å². The molecule has 1 N–H and O–H groups in total. The Labute approximate surface area is 121 Å². The summed E-state index contributed by atoms with van der Waals surface area (Å²) in [4.78, 5) is 4.42. The van der Waals surface area contributed by atoms with Crippen LogP contribution in [0.4, 0.5) is 0 Å². The third-order valence-corrected chi connectivity index (χ3v) is 3.90. The maximum Gasteiger partial charge on any atom is 0.0940 e. The van der Waals surface area contributed by atoms with Gasteiger partial charge in [-0.05, 0) is 30.7 Å². The van der Waals surface area contributed by atoms with Crippen molar-refractivity contribution in [3.05, 3.63) is 49.9 Å². The first-order valence-electron chi connectivity index (χ1n) is 5.70. The summed E-state index contributed by atoms with van der Waals surface area (Å²) in [5.41, 5.74) is 2.19. The summed E-state index contributed by atoms with van der Waals surface area (Å²) in [6, 6.07) is 5.59. The largest absolute Gasteiger partial charge is 0.312 e. The zero-order valence-electron chi connectivity index (χ0n) is 10.0. The first kappa shape index (κ1) is 13.8. The van der Waals surface area contributed by atoms with Gasteiger partial charge in [0.15, 0.2) is 0 Å². The van der Waals surface area contributed by atoms with E-state index in [1.807, 2.05) is 19.1 Å². The number of hydrogen-bond donors (Lipinski definition) is 1. The Morgan fingerprint density at radius 3 is 2.56 bits per heavy atom. The molecule has 0 fully saturated rings. The second-order valence-corrected chi connectivity index (χ2v) is 5.90. The molecule has 0 spiro atoms. The van der Waals surface area contributed by atoms with Crippen LogP contribution in [-0.4, -0.2) is 11.5 Å². The van der Waals surface area contributed by atoms with Crippen LogP contribution in [0.1, 0.15) is 16.3 Å². The standard InChI is InChI=1S/C13H14Cl2N2S/c1-9-8-18-13(17-9)2-3-16-7-10-4-11(14)6-12(15)5-10/h4-6,8,16H,2-3,7H2,1H3. The van der Waals surface area contributed by atoms with Crippen molar-refractivity contribution in [2.75, 3.05) is 6.54 Å². The van der Waals surface area contributed by atoms with E-state index >= 15 is 0 Å². The lowest BCUT2D eigenvalue weighted by Gasteiger charge is -2.05. The minimum absolute atomic E-state index is 0.676. The summed E-state index contributed by atoms with van der Waals surface area (Å²) in [5, 5.41) is 7.96. The van der Waals surface area contributed by atoms with Crippen molar-refractivity contribution < 1.29 is 0 Å². The van der Waals surface area contributed by atoms with E-state index in [1.165, 1.54) is 5.01 Å². The molecule has 0 radical (unpaired) electrons. The van der Waals surface area contributed by atoms with Gasteiger partial charge in [0.25, 0.3) is 0 Å². The van der Waals surface area contributed by atoms with Crippen LogP contribution >= 0.6 is 34.5 Å². The zero-order valence-corrected chi connectivity index (χ0v) is 12.4. The Morgan fingerprint density at radius 2 is 1.94 bits per heavy atom. The molecule has 0 amide bonds. The van der Waals surface area contributed by atoms with Gasteiger partial charge in [0, 0.05) is 40.6 Å². The molecule has 18 heavy (non-hydrogen) atoms. The van der Waals surface area contributed by atoms with Crippen molar-refractivity contribution in [3.8, 4) is 0 Å². The molecule has 96 valence electrons. The van der Waals surface area contributed by atoms with Crippen molar-refractivity contribution in [3.63, 3.8) is 0 Å². The summed E-state index contributed by atoms with van der Waals surface area (Å²) in [6.45, 7) is 3.68. The molecule has 1 heterocycles. The molecule has 0 aliphatic carbocycles. The van der Waals surface area contributed by atoms with Crippen LogP contribution in [0.2, 0.25) is 10.0 Å². The van der Waals surface area contributed by atoms with Gasteiger partial charge in [0.2, 0.25) is 0 Å². The van der Waals surface area contributed by atoms with E-state index in [0.29, 0.717) is 10.0 Å². The van der Waals surface area contributed by atoms with Crippen LogP contribution < -0.4 is 5.32 Å². The SMILES string of the molecule is Cc1csc(CCNCc2cc(Cl)cc(Cl)c2)n1. The summed E-state index contributed by atoms with van der Waals surface area (Å²) in [5.74, 6) is 0. The van der Waals surface area contributed by atoms with E-state index in [0.717, 1.165) is 30.8 Å². The number of halogens is 2. The second kappa shape index (κ2) is 6.53. The topological polar surface area (TPSA) is 24.9 Å². The van der Waals surface area contributed by atoms with E-state index in [-0.39, 0.29) is 0 Å². The fourth-order valence-electron chi connectivity index (χ4n) is 1.66. The number of benzene rings is 1. The van der Waals surface area contributed by atoms with Gasteiger partial charge in [-0.2, -0.15) is 0 Å². The average molecular weight is 301 g/mol. The van der Waals surface area contributed by atoms with Gasteiger partial charge in [-0.1, -0.05) is 23.2 Å². The van der Waals surface area contributed by atoms with Crippen LogP contribution in [-0.2, 0) is 13.0 Å². The van der Waals surface area contributed by atoms with Crippen LogP contribution in [0.5, 0.6) is 0 Å². The highest BCUT2D eigenvalue weighted by Crippen LogP contribution is 2.18. The normalized spacial score (nSPS) is 10.8. The molecule has 2 nitrogen and oxygen atoms in total. The minimum Gasteiger partial charge on any atom is -0.312 e. The summed E-state index contributed by atoms with van der Waals surface area (Å²) in [6.07, 6.45) is 0.951. The lowest BCUT2D eigenvalue weighted by atomic mass is 10.2. The van der Waals surface area contributed by atoms with Gasteiger partial charge in [0.05, 0.1) is 5.01 Å². The predicted molar refractivity (Wildman–Crippen MR) is 78.7 cm³/mol. The number of nitrogens with one attached hydrogen (secondary N) is 1. The molecule has 1 aromatic heterocycles. The summed E-state index contributed by atoms with van der Waals surface area (Å²) in [7, 11) is 0. The summed E-state index contributed by atoms with van der Waals surface area (Å²) >= 11 is 13.6. The van der Waals surface area contributed by atoms with E-state index < -0.39 is 0 Å². The van der Waals surface area contributed by atoms with Crippen LogP contribution in [0.25, 0.3) is 0 Å². The van der Waals surface area contributed by atoms with Crippen molar-refractivity contribution in [1.82, 2.24) is 10.3 Å². The second-order valence-electron chi connectivity index (χ2n) is 4.09. The fourth-order valence-corrected chi connectivity index (χ4v) is 3.01. The molecule has 0 aliphatic rings. The molecule has 0 atom stereocenters. The number of aryl methyl sites for hydroxylation is 1. The number of nitrogens with zero attached hydrogens (tertiary/aromatic N) is 1. The van der Waals surface area contributed by atoms with Gasteiger partial charge in [-0.3, -0.25) is 0 Å². The molecule has 0 saturated heterocycles.